The number of rotatable bonds is 7. The normalized spacial score (nSPS) is 20.9. The number of ketones is 1. The molecule has 1 saturated carbocycles. The van der Waals surface area contributed by atoms with E-state index in [0.717, 1.165) is 80.9 Å². The number of aromatic nitrogens is 3. The van der Waals surface area contributed by atoms with Gasteiger partial charge in [0, 0.05) is 49.9 Å². The lowest BCUT2D eigenvalue weighted by Crippen LogP contribution is -2.36. The third-order valence-electron chi connectivity index (χ3n) is 6.94. The molecule has 2 aliphatic rings. The molecular formula is C27H32N4O3. The zero-order valence-electron chi connectivity index (χ0n) is 19.8. The standard InChI is InChI=1S/C27H32N4O3/c1-2-25(32)23-8-5-20(18-30-23)15-19-3-6-22(7-4-19)34-26-17-21(31-11-13-33-14-12-31)16-24-27(26)29-10-9-28-24/h5,8-10,16-19,22H,2-4,6-7,11-15H2,1H3. The van der Waals surface area contributed by atoms with Crippen LogP contribution in [0.25, 0.3) is 11.0 Å². The van der Waals surface area contributed by atoms with Crippen LogP contribution in [0.3, 0.4) is 0 Å². The second kappa shape index (κ2) is 10.5. The Kier molecular flexibility index (Phi) is 7.00. The van der Waals surface area contributed by atoms with Crippen LogP contribution in [0.1, 0.15) is 55.1 Å². The predicted molar refractivity (Wildman–Crippen MR) is 132 cm³/mol. The molecule has 1 aliphatic heterocycles. The van der Waals surface area contributed by atoms with E-state index in [4.69, 9.17) is 9.47 Å². The monoisotopic (exact) mass is 460 g/mol. The van der Waals surface area contributed by atoms with Gasteiger partial charge in [-0.05, 0) is 55.7 Å². The van der Waals surface area contributed by atoms with Gasteiger partial charge in [-0.3, -0.25) is 14.8 Å². The summed E-state index contributed by atoms with van der Waals surface area (Å²) in [4.78, 5) is 27.6. The summed E-state index contributed by atoms with van der Waals surface area (Å²) in [6.07, 6.45) is 11.3. The van der Waals surface area contributed by atoms with E-state index in [2.05, 4.69) is 38.1 Å². The predicted octanol–water partition coefficient (Wildman–Crippen LogP) is 4.63. The first-order valence-electron chi connectivity index (χ1n) is 12.4. The number of nitrogens with zero attached hydrogens (tertiary/aromatic N) is 4. The molecule has 3 heterocycles. The molecule has 3 aromatic rings. The molecule has 1 aliphatic carbocycles. The summed E-state index contributed by atoms with van der Waals surface area (Å²) in [6.45, 7) is 5.10. The lowest BCUT2D eigenvalue weighted by molar-refractivity contribution is 0.0983. The highest BCUT2D eigenvalue weighted by Crippen LogP contribution is 2.34. The number of anilines is 1. The van der Waals surface area contributed by atoms with Crippen LogP contribution in [0.2, 0.25) is 0 Å². The fourth-order valence-corrected chi connectivity index (χ4v) is 4.98. The summed E-state index contributed by atoms with van der Waals surface area (Å²) in [6, 6.07) is 8.15. The van der Waals surface area contributed by atoms with Crippen molar-refractivity contribution < 1.29 is 14.3 Å². The molecule has 0 radical (unpaired) electrons. The van der Waals surface area contributed by atoms with E-state index in [1.807, 2.05) is 19.2 Å². The first kappa shape index (κ1) is 22.7. The van der Waals surface area contributed by atoms with E-state index in [9.17, 15) is 4.79 Å². The minimum absolute atomic E-state index is 0.0964. The maximum Gasteiger partial charge on any atom is 0.180 e. The van der Waals surface area contributed by atoms with Crippen molar-refractivity contribution in [1.29, 1.82) is 0 Å². The van der Waals surface area contributed by atoms with Gasteiger partial charge in [0.05, 0.1) is 24.8 Å². The minimum Gasteiger partial charge on any atom is -0.488 e. The number of ether oxygens (including phenoxy) is 2. The van der Waals surface area contributed by atoms with Crippen molar-refractivity contribution in [2.24, 2.45) is 5.92 Å². The fourth-order valence-electron chi connectivity index (χ4n) is 4.98. The Morgan fingerprint density at radius 2 is 1.85 bits per heavy atom. The van der Waals surface area contributed by atoms with Gasteiger partial charge < -0.3 is 14.4 Å². The van der Waals surface area contributed by atoms with Crippen LogP contribution in [0.5, 0.6) is 5.75 Å². The molecule has 2 aromatic heterocycles. The fraction of sp³-hybridized carbons (Fsp3) is 0.481. The first-order chi connectivity index (χ1) is 16.7. The van der Waals surface area contributed by atoms with Crippen molar-refractivity contribution in [1.82, 2.24) is 15.0 Å². The number of benzene rings is 1. The van der Waals surface area contributed by atoms with Crippen molar-refractivity contribution in [2.75, 3.05) is 31.2 Å². The van der Waals surface area contributed by atoms with Gasteiger partial charge in [-0.15, -0.1) is 0 Å². The Morgan fingerprint density at radius 3 is 2.59 bits per heavy atom. The van der Waals surface area contributed by atoms with E-state index in [1.54, 1.807) is 12.4 Å². The molecule has 7 heteroatoms. The van der Waals surface area contributed by atoms with Crippen molar-refractivity contribution in [3.8, 4) is 5.75 Å². The molecule has 178 valence electrons. The highest BCUT2D eigenvalue weighted by Gasteiger charge is 2.24. The van der Waals surface area contributed by atoms with Crippen LogP contribution in [0.4, 0.5) is 5.69 Å². The van der Waals surface area contributed by atoms with E-state index in [0.29, 0.717) is 18.0 Å². The van der Waals surface area contributed by atoms with E-state index >= 15 is 0 Å². The number of hydrogen-bond acceptors (Lipinski definition) is 7. The number of carbonyl (C=O) groups excluding carboxylic acids is 1. The number of hydrogen-bond donors (Lipinski definition) is 0. The van der Waals surface area contributed by atoms with Crippen LogP contribution < -0.4 is 9.64 Å². The average Bonchev–Trinajstić information content (AvgIpc) is 2.90. The van der Waals surface area contributed by atoms with Crippen LogP contribution in [-0.2, 0) is 11.2 Å². The Morgan fingerprint density at radius 1 is 1.06 bits per heavy atom. The maximum atomic E-state index is 11.8. The molecule has 0 N–H and O–H groups in total. The second-order valence-electron chi connectivity index (χ2n) is 9.26. The topological polar surface area (TPSA) is 77.4 Å². The van der Waals surface area contributed by atoms with Gasteiger partial charge in [-0.25, -0.2) is 4.98 Å². The Hall–Kier alpha value is -3.06. The van der Waals surface area contributed by atoms with Crippen molar-refractivity contribution in [3.63, 3.8) is 0 Å². The van der Waals surface area contributed by atoms with Crippen molar-refractivity contribution in [3.05, 3.63) is 54.1 Å². The molecule has 0 amide bonds. The number of morpholine rings is 1. The number of pyridine rings is 1. The van der Waals surface area contributed by atoms with Crippen LogP contribution in [0, 0.1) is 5.92 Å². The lowest BCUT2D eigenvalue weighted by Gasteiger charge is -2.31. The third-order valence-corrected chi connectivity index (χ3v) is 6.94. The molecule has 0 atom stereocenters. The van der Waals surface area contributed by atoms with Crippen LogP contribution in [0.15, 0.2) is 42.9 Å². The van der Waals surface area contributed by atoms with Crippen molar-refractivity contribution >= 4 is 22.5 Å². The smallest absolute Gasteiger partial charge is 0.180 e. The molecule has 34 heavy (non-hydrogen) atoms. The summed E-state index contributed by atoms with van der Waals surface area (Å²) < 4.78 is 12.1. The maximum absolute atomic E-state index is 11.8. The second-order valence-corrected chi connectivity index (χ2v) is 9.26. The quantitative estimate of drug-likeness (QED) is 0.476. The molecule has 1 aromatic carbocycles. The minimum atomic E-state index is 0.0964. The molecule has 5 rings (SSSR count). The van der Waals surface area contributed by atoms with Gasteiger partial charge in [-0.1, -0.05) is 13.0 Å². The van der Waals surface area contributed by atoms with Crippen molar-refractivity contribution in [2.45, 2.75) is 51.6 Å². The molecule has 0 bridgehead atoms. The summed E-state index contributed by atoms with van der Waals surface area (Å²) in [5.41, 5.74) is 4.59. The molecule has 2 fully saturated rings. The lowest BCUT2D eigenvalue weighted by atomic mass is 9.83. The highest BCUT2D eigenvalue weighted by molar-refractivity contribution is 5.93. The zero-order chi connectivity index (χ0) is 23.3. The SMILES string of the molecule is CCC(=O)c1ccc(CC2CCC(Oc3cc(N4CCOCC4)cc4nccnc34)CC2)cn1. The van der Waals surface area contributed by atoms with Gasteiger partial charge in [0.25, 0.3) is 0 Å². The van der Waals surface area contributed by atoms with Gasteiger partial charge in [-0.2, -0.15) is 0 Å². The number of Topliss-reactive ketones (excluding diaryl/α,β-unsaturated/α-hetero) is 1. The van der Waals surface area contributed by atoms with Gasteiger partial charge in [0.2, 0.25) is 0 Å². The largest absolute Gasteiger partial charge is 0.488 e. The van der Waals surface area contributed by atoms with Gasteiger partial charge in [0.1, 0.15) is 17.0 Å². The zero-order valence-corrected chi connectivity index (χ0v) is 19.8. The van der Waals surface area contributed by atoms with Gasteiger partial charge >= 0.3 is 0 Å². The Labute approximate surface area is 200 Å². The van der Waals surface area contributed by atoms with E-state index in [-0.39, 0.29) is 11.9 Å². The van der Waals surface area contributed by atoms with E-state index in [1.165, 1.54) is 5.56 Å². The molecule has 1 saturated heterocycles. The summed E-state index contributed by atoms with van der Waals surface area (Å²) in [5.74, 6) is 1.54. The van der Waals surface area contributed by atoms with Crippen LogP contribution in [-0.4, -0.2) is 53.1 Å². The molecular weight excluding hydrogens is 428 g/mol. The molecule has 0 unspecified atom stereocenters. The van der Waals surface area contributed by atoms with Crippen LogP contribution >= 0.6 is 0 Å². The highest BCUT2D eigenvalue weighted by atomic mass is 16.5. The van der Waals surface area contributed by atoms with Gasteiger partial charge in [0.15, 0.2) is 5.78 Å². The summed E-state index contributed by atoms with van der Waals surface area (Å²) >= 11 is 0. The number of fused-ring (bicyclic) bond motifs is 1. The summed E-state index contributed by atoms with van der Waals surface area (Å²) in [7, 11) is 0. The average molecular weight is 461 g/mol. The first-order valence-corrected chi connectivity index (χ1v) is 12.4. The number of carbonyl (C=O) groups is 1. The molecule has 7 nitrogen and oxygen atoms in total. The summed E-state index contributed by atoms with van der Waals surface area (Å²) in [5, 5.41) is 0. The molecule has 0 spiro atoms. The van der Waals surface area contributed by atoms with E-state index < -0.39 is 0 Å². The third kappa shape index (κ3) is 5.20. The Balaban J connectivity index is 1.23. The Bertz CT molecular complexity index is 1120.